The van der Waals surface area contributed by atoms with Gasteiger partial charge in [-0.2, -0.15) is 0 Å². The second kappa shape index (κ2) is 9.11. The molecule has 1 atom stereocenters. The van der Waals surface area contributed by atoms with E-state index in [-0.39, 0.29) is 0 Å². The van der Waals surface area contributed by atoms with Crippen molar-refractivity contribution >= 4 is 0 Å². The molecule has 0 unspecified atom stereocenters. The summed E-state index contributed by atoms with van der Waals surface area (Å²) in [4.78, 5) is 2.60. The minimum Gasteiger partial charge on any atom is -0.382 e. The van der Waals surface area contributed by atoms with E-state index in [9.17, 15) is 5.11 Å². The molecule has 1 aliphatic rings. The molecule has 0 aliphatic carbocycles. The molecule has 5 nitrogen and oxygen atoms in total. The molecule has 136 valence electrons. The first-order valence-corrected chi connectivity index (χ1v) is 9.61. The highest BCUT2D eigenvalue weighted by Gasteiger charge is 2.20. The molecule has 1 fully saturated rings. The topological polar surface area (TPSA) is 54.2 Å². The molecular weight excluding hydrogens is 312 g/mol. The van der Waals surface area contributed by atoms with Crippen LogP contribution in [0.3, 0.4) is 0 Å². The van der Waals surface area contributed by atoms with E-state index in [2.05, 4.69) is 22.1 Å². The number of likely N-dealkylation sites (tertiary alicyclic amines) is 1. The number of aliphatic hydroxyl groups is 1. The lowest BCUT2D eigenvalue weighted by atomic mass is 9.96. The Morgan fingerprint density at radius 2 is 1.92 bits per heavy atom. The zero-order chi connectivity index (χ0) is 17.5. The Morgan fingerprint density at radius 1 is 1.16 bits per heavy atom. The summed E-state index contributed by atoms with van der Waals surface area (Å²) in [6.45, 7) is 6.80. The second-order valence-electron chi connectivity index (χ2n) is 7.17. The third-order valence-corrected chi connectivity index (χ3v) is 5.18. The van der Waals surface area contributed by atoms with Crippen LogP contribution >= 0.6 is 0 Å². The van der Waals surface area contributed by atoms with Gasteiger partial charge in [0.25, 0.3) is 0 Å². The molecule has 25 heavy (non-hydrogen) atoms. The van der Waals surface area contributed by atoms with Gasteiger partial charge in [-0.1, -0.05) is 55.3 Å². The van der Waals surface area contributed by atoms with Crippen LogP contribution in [0.25, 0.3) is 0 Å². The van der Waals surface area contributed by atoms with Gasteiger partial charge in [-0.25, -0.2) is 0 Å². The fourth-order valence-electron chi connectivity index (χ4n) is 3.58. The minimum atomic E-state index is -0.699. The first kappa shape index (κ1) is 18.1. The van der Waals surface area contributed by atoms with Gasteiger partial charge in [0.05, 0.1) is 6.20 Å². The van der Waals surface area contributed by atoms with Gasteiger partial charge in [-0.3, -0.25) is 4.68 Å². The molecule has 2 heterocycles. The molecule has 0 saturated carbocycles. The molecule has 2 aromatic rings. The maximum atomic E-state index is 10.4. The number of aromatic nitrogens is 3. The summed E-state index contributed by atoms with van der Waals surface area (Å²) < 4.78 is 1.90. The van der Waals surface area contributed by atoms with Crippen LogP contribution in [-0.2, 0) is 6.54 Å². The number of nitrogens with zero attached hydrogens (tertiary/aromatic N) is 4. The number of piperidine rings is 1. The molecule has 1 aromatic carbocycles. The molecule has 1 N–H and O–H groups in total. The Morgan fingerprint density at radius 3 is 2.64 bits per heavy atom. The highest BCUT2D eigenvalue weighted by atomic mass is 16.3. The monoisotopic (exact) mass is 342 g/mol. The Kier molecular flexibility index (Phi) is 6.59. The van der Waals surface area contributed by atoms with E-state index in [1.165, 1.54) is 51.7 Å². The summed E-state index contributed by atoms with van der Waals surface area (Å²) in [6, 6.07) is 9.63. The molecule has 3 rings (SSSR count). The van der Waals surface area contributed by atoms with Crippen molar-refractivity contribution in [2.75, 3.05) is 19.6 Å². The van der Waals surface area contributed by atoms with Crippen LogP contribution in [0.4, 0.5) is 0 Å². The summed E-state index contributed by atoms with van der Waals surface area (Å²) in [5.74, 6) is 0.658. The SMILES string of the molecule is CCCCCN1CCC(Cn2cc([C@@H](O)c3ccccc3)nn2)CC1. The Hall–Kier alpha value is -1.72. The molecule has 0 amide bonds. The van der Waals surface area contributed by atoms with Crippen molar-refractivity contribution < 1.29 is 5.11 Å². The van der Waals surface area contributed by atoms with Crippen LogP contribution < -0.4 is 0 Å². The summed E-state index contributed by atoms with van der Waals surface area (Å²) in [6.07, 6.45) is 7.60. The van der Waals surface area contributed by atoms with Gasteiger partial charge in [0, 0.05) is 6.54 Å². The molecule has 0 spiro atoms. The summed E-state index contributed by atoms with van der Waals surface area (Å²) >= 11 is 0. The average Bonchev–Trinajstić information content (AvgIpc) is 3.12. The predicted molar refractivity (Wildman–Crippen MR) is 99.2 cm³/mol. The van der Waals surface area contributed by atoms with Gasteiger partial charge in [0.2, 0.25) is 0 Å². The number of aliphatic hydroxyl groups excluding tert-OH is 1. The van der Waals surface area contributed by atoms with Crippen LogP contribution in [-0.4, -0.2) is 44.6 Å². The van der Waals surface area contributed by atoms with Crippen molar-refractivity contribution in [1.29, 1.82) is 0 Å². The number of unbranched alkanes of at least 4 members (excludes halogenated alkanes) is 2. The Labute approximate surface area is 150 Å². The van der Waals surface area contributed by atoms with Crippen LogP contribution in [0, 0.1) is 5.92 Å². The number of benzene rings is 1. The summed E-state index contributed by atoms with van der Waals surface area (Å²) in [7, 11) is 0. The van der Waals surface area contributed by atoms with E-state index >= 15 is 0 Å². The minimum absolute atomic E-state index is 0.628. The van der Waals surface area contributed by atoms with Gasteiger partial charge in [0.1, 0.15) is 11.8 Å². The predicted octanol–water partition coefficient (Wildman–Crippen LogP) is 3.26. The summed E-state index contributed by atoms with van der Waals surface area (Å²) in [5.41, 5.74) is 1.48. The zero-order valence-corrected chi connectivity index (χ0v) is 15.2. The lowest BCUT2D eigenvalue weighted by Gasteiger charge is -2.31. The van der Waals surface area contributed by atoms with Crippen molar-refractivity contribution in [3.63, 3.8) is 0 Å². The van der Waals surface area contributed by atoms with Gasteiger partial charge in [0.15, 0.2) is 0 Å². The van der Waals surface area contributed by atoms with E-state index in [1.807, 2.05) is 41.2 Å². The number of rotatable bonds is 8. The van der Waals surface area contributed by atoms with E-state index in [0.717, 1.165) is 12.1 Å². The maximum Gasteiger partial charge on any atom is 0.124 e. The van der Waals surface area contributed by atoms with Crippen molar-refractivity contribution in [2.45, 2.75) is 51.7 Å². The summed E-state index contributed by atoms with van der Waals surface area (Å²) in [5, 5.41) is 18.8. The first-order chi connectivity index (χ1) is 12.3. The van der Waals surface area contributed by atoms with Gasteiger partial charge in [-0.15, -0.1) is 5.10 Å². The highest BCUT2D eigenvalue weighted by molar-refractivity contribution is 5.23. The smallest absolute Gasteiger partial charge is 0.124 e. The lowest BCUT2D eigenvalue weighted by molar-refractivity contribution is 0.168. The second-order valence-corrected chi connectivity index (χ2v) is 7.17. The Bertz CT molecular complexity index is 620. The largest absolute Gasteiger partial charge is 0.382 e. The first-order valence-electron chi connectivity index (χ1n) is 9.61. The van der Waals surface area contributed by atoms with Crippen LogP contribution in [0.1, 0.15) is 56.4 Å². The van der Waals surface area contributed by atoms with Crippen LogP contribution in [0.2, 0.25) is 0 Å². The van der Waals surface area contributed by atoms with E-state index < -0.39 is 6.10 Å². The Balaban J connectivity index is 1.48. The molecule has 0 bridgehead atoms. The fraction of sp³-hybridized carbons (Fsp3) is 0.600. The van der Waals surface area contributed by atoms with Crippen molar-refractivity contribution in [1.82, 2.24) is 19.9 Å². The molecule has 0 radical (unpaired) electrons. The third kappa shape index (κ3) is 5.13. The van der Waals surface area contributed by atoms with Crippen molar-refractivity contribution in [3.05, 3.63) is 47.8 Å². The van der Waals surface area contributed by atoms with E-state index in [1.54, 1.807) is 0 Å². The number of hydrogen-bond donors (Lipinski definition) is 1. The normalized spacial score (nSPS) is 17.7. The van der Waals surface area contributed by atoms with Crippen LogP contribution in [0.15, 0.2) is 36.5 Å². The maximum absolute atomic E-state index is 10.4. The number of hydrogen-bond acceptors (Lipinski definition) is 4. The van der Waals surface area contributed by atoms with Gasteiger partial charge < -0.3 is 10.0 Å². The van der Waals surface area contributed by atoms with Crippen molar-refractivity contribution in [2.24, 2.45) is 5.92 Å². The lowest BCUT2D eigenvalue weighted by Crippen LogP contribution is -2.35. The quantitative estimate of drug-likeness (QED) is 0.748. The van der Waals surface area contributed by atoms with Crippen LogP contribution in [0.5, 0.6) is 0 Å². The molecule has 5 heteroatoms. The third-order valence-electron chi connectivity index (χ3n) is 5.18. The molecule has 1 aromatic heterocycles. The van der Waals surface area contributed by atoms with E-state index in [4.69, 9.17) is 0 Å². The standard InChI is InChI=1S/C20H30N4O/c1-2-3-7-12-23-13-10-17(11-14-23)15-24-16-19(21-22-24)20(25)18-8-5-4-6-9-18/h4-6,8-9,16-17,20,25H,2-3,7,10-15H2,1H3/t20-/m0/s1. The molecular formula is C20H30N4O. The van der Waals surface area contributed by atoms with Crippen molar-refractivity contribution in [3.8, 4) is 0 Å². The van der Waals surface area contributed by atoms with Gasteiger partial charge in [-0.05, 0) is 50.4 Å². The zero-order valence-electron chi connectivity index (χ0n) is 15.2. The molecule has 1 saturated heterocycles. The average molecular weight is 342 g/mol. The fourth-order valence-corrected chi connectivity index (χ4v) is 3.58. The molecule has 1 aliphatic heterocycles. The van der Waals surface area contributed by atoms with E-state index in [0.29, 0.717) is 11.6 Å². The van der Waals surface area contributed by atoms with Gasteiger partial charge >= 0.3 is 0 Å². The highest BCUT2D eigenvalue weighted by Crippen LogP contribution is 2.22.